The van der Waals surface area contributed by atoms with E-state index in [0.29, 0.717) is 6.54 Å². The van der Waals surface area contributed by atoms with Crippen molar-refractivity contribution in [1.29, 1.82) is 0 Å². The van der Waals surface area contributed by atoms with E-state index >= 15 is 0 Å². The molecule has 2 amide bonds. The molecular weight excluding hydrogens is 526 g/mol. The van der Waals surface area contributed by atoms with Crippen LogP contribution in [0.3, 0.4) is 0 Å². The van der Waals surface area contributed by atoms with Gasteiger partial charge in [0.05, 0.1) is 17.5 Å². The molecule has 0 heterocycles. The number of rotatable bonds is 12. The van der Waals surface area contributed by atoms with Gasteiger partial charge >= 0.3 is 6.18 Å². The Hall–Kier alpha value is -3.15. The Labute approximate surface area is 220 Å². The van der Waals surface area contributed by atoms with Crippen LogP contribution >= 0.6 is 0 Å². The summed E-state index contributed by atoms with van der Waals surface area (Å²) in [5, 5.41) is 2.74. The Morgan fingerprint density at radius 2 is 1.68 bits per heavy atom. The van der Waals surface area contributed by atoms with Gasteiger partial charge in [-0.1, -0.05) is 38.1 Å². The van der Waals surface area contributed by atoms with Gasteiger partial charge < -0.3 is 10.2 Å². The summed E-state index contributed by atoms with van der Waals surface area (Å²) in [5.74, 6) is -1.34. The van der Waals surface area contributed by atoms with Gasteiger partial charge in [0.1, 0.15) is 11.9 Å². The van der Waals surface area contributed by atoms with Gasteiger partial charge in [-0.05, 0) is 43.5 Å². The molecule has 1 atom stereocenters. The number of sulfonamides is 1. The van der Waals surface area contributed by atoms with Crippen LogP contribution in [0.5, 0.6) is 0 Å². The SMILES string of the molecule is CC(C)CNC(=O)[C@@H](C)N(Cc1ccccc1F)C(=O)CCCN(c1cccc(C(F)(F)F)c1)S(C)(=O)=O. The summed E-state index contributed by atoms with van der Waals surface area (Å²) in [6.07, 6.45) is -4.06. The minimum Gasteiger partial charge on any atom is -0.354 e. The molecule has 12 heteroatoms. The molecule has 0 aliphatic rings. The highest BCUT2D eigenvalue weighted by molar-refractivity contribution is 7.92. The molecule has 1 N–H and O–H groups in total. The summed E-state index contributed by atoms with van der Waals surface area (Å²) >= 11 is 0. The molecule has 2 aromatic rings. The molecule has 2 aromatic carbocycles. The topological polar surface area (TPSA) is 86.8 Å². The van der Waals surface area contributed by atoms with Gasteiger partial charge in [0.25, 0.3) is 0 Å². The van der Waals surface area contributed by atoms with Crippen molar-refractivity contribution in [3.8, 4) is 0 Å². The number of halogens is 4. The number of hydrogen-bond donors (Lipinski definition) is 1. The second-order valence-corrected chi connectivity index (χ2v) is 11.3. The second-order valence-electron chi connectivity index (χ2n) is 9.41. The highest BCUT2D eigenvalue weighted by atomic mass is 32.2. The number of carbonyl (C=O) groups excluding carboxylic acids is 2. The summed E-state index contributed by atoms with van der Waals surface area (Å²) < 4.78 is 79.3. The van der Waals surface area contributed by atoms with Crippen LogP contribution in [0.15, 0.2) is 48.5 Å². The van der Waals surface area contributed by atoms with Crippen molar-refractivity contribution in [2.24, 2.45) is 5.92 Å². The van der Waals surface area contributed by atoms with Crippen LogP contribution in [0, 0.1) is 11.7 Å². The average Bonchev–Trinajstić information content (AvgIpc) is 2.82. The molecule has 38 heavy (non-hydrogen) atoms. The monoisotopic (exact) mass is 559 g/mol. The van der Waals surface area contributed by atoms with E-state index in [0.717, 1.165) is 28.8 Å². The van der Waals surface area contributed by atoms with E-state index in [4.69, 9.17) is 0 Å². The number of nitrogens with one attached hydrogen (secondary N) is 1. The number of anilines is 1. The van der Waals surface area contributed by atoms with E-state index in [-0.39, 0.29) is 43.1 Å². The summed E-state index contributed by atoms with van der Waals surface area (Å²) in [6.45, 7) is 5.25. The molecule has 0 aliphatic heterocycles. The molecule has 0 saturated heterocycles. The standard InChI is InChI=1S/C26H33F4N3O4S/c1-18(2)16-31-25(35)19(3)32(17-20-9-5-6-12-23(20)27)24(34)13-8-14-33(38(4,36)37)22-11-7-10-21(15-22)26(28,29)30/h5-7,9-12,15,18-19H,8,13-14,16-17H2,1-4H3,(H,31,35)/t19-/m1/s1. The molecule has 0 unspecified atom stereocenters. The van der Waals surface area contributed by atoms with Gasteiger partial charge in [-0.25, -0.2) is 12.8 Å². The third-order valence-corrected chi connectivity index (χ3v) is 6.96. The first-order valence-electron chi connectivity index (χ1n) is 12.1. The Morgan fingerprint density at radius 3 is 2.26 bits per heavy atom. The van der Waals surface area contributed by atoms with Crippen molar-refractivity contribution in [3.63, 3.8) is 0 Å². The fourth-order valence-corrected chi connectivity index (χ4v) is 4.64. The largest absolute Gasteiger partial charge is 0.416 e. The molecular formula is C26H33F4N3O4S. The highest BCUT2D eigenvalue weighted by Gasteiger charge is 2.32. The Balaban J connectivity index is 2.22. The van der Waals surface area contributed by atoms with Crippen LogP contribution in [0.4, 0.5) is 23.2 Å². The van der Waals surface area contributed by atoms with Crippen molar-refractivity contribution in [3.05, 3.63) is 65.5 Å². The van der Waals surface area contributed by atoms with Crippen LogP contribution < -0.4 is 9.62 Å². The number of amides is 2. The third-order valence-electron chi connectivity index (χ3n) is 5.76. The molecule has 210 valence electrons. The third kappa shape index (κ3) is 9.00. The quantitative estimate of drug-likeness (QED) is 0.386. The van der Waals surface area contributed by atoms with Gasteiger partial charge in [0.2, 0.25) is 21.8 Å². The number of hydrogen-bond acceptors (Lipinski definition) is 4. The Morgan fingerprint density at radius 1 is 1.03 bits per heavy atom. The molecule has 7 nitrogen and oxygen atoms in total. The van der Waals surface area contributed by atoms with Crippen LogP contribution in [-0.4, -0.2) is 50.5 Å². The number of nitrogens with zero attached hydrogens (tertiary/aromatic N) is 2. The van der Waals surface area contributed by atoms with Crippen LogP contribution in [0.25, 0.3) is 0 Å². The summed E-state index contributed by atoms with van der Waals surface area (Å²) in [4.78, 5) is 27.1. The number of carbonyl (C=O) groups is 2. The molecule has 2 rings (SSSR count). The van der Waals surface area contributed by atoms with Gasteiger partial charge in [0, 0.05) is 31.6 Å². The second kappa shape index (κ2) is 13.1. The van der Waals surface area contributed by atoms with Crippen LogP contribution in [-0.2, 0) is 32.3 Å². The first-order valence-corrected chi connectivity index (χ1v) is 13.9. The van der Waals surface area contributed by atoms with E-state index in [2.05, 4.69) is 5.32 Å². The molecule has 0 fully saturated rings. The predicted octanol–water partition coefficient (Wildman–Crippen LogP) is 4.58. The van der Waals surface area contributed by atoms with Crippen LogP contribution in [0.2, 0.25) is 0 Å². The van der Waals surface area contributed by atoms with E-state index < -0.39 is 45.4 Å². The minimum absolute atomic E-state index is 0.0454. The smallest absolute Gasteiger partial charge is 0.354 e. The van der Waals surface area contributed by atoms with Crippen molar-refractivity contribution < 1.29 is 35.6 Å². The zero-order valence-corrected chi connectivity index (χ0v) is 22.6. The minimum atomic E-state index is -4.66. The Bertz CT molecular complexity index is 1220. The molecule has 0 saturated carbocycles. The molecule has 0 aliphatic carbocycles. The lowest BCUT2D eigenvalue weighted by Crippen LogP contribution is -2.48. The maximum Gasteiger partial charge on any atom is 0.416 e. The first kappa shape index (κ1) is 31.1. The van der Waals surface area contributed by atoms with Crippen molar-refractivity contribution >= 4 is 27.5 Å². The number of alkyl halides is 3. The number of benzene rings is 2. The zero-order valence-electron chi connectivity index (χ0n) is 21.8. The normalized spacial score (nSPS) is 12.8. The molecule has 0 aromatic heterocycles. The van der Waals surface area contributed by atoms with Crippen molar-refractivity contribution in [2.75, 3.05) is 23.7 Å². The van der Waals surface area contributed by atoms with Crippen LogP contribution in [0.1, 0.15) is 44.7 Å². The lowest BCUT2D eigenvalue weighted by molar-refractivity contribution is -0.140. The van der Waals surface area contributed by atoms with Gasteiger partial charge in [-0.3, -0.25) is 13.9 Å². The average molecular weight is 560 g/mol. The van der Waals surface area contributed by atoms with Crippen molar-refractivity contribution in [2.45, 2.75) is 52.4 Å². The summed E-state index contributed by atoms with van der Waals surface area (Å²) in [6, 6.07) is 8.79. The fraction of sp³-hybridized carbons (Fsp3) is 0.462. The van der Waals surface area contributed by atoms with E-state index in [1.54, 1.807) is 6.07 Å². The van der Waals surface area contributed by atoms with E-state index in [1.807, 2.05) is 13.8 Å². The maximum atomic E-state index is 14.3. The molecule has 0 bridgehead atoms. The lowest BCUT2D eigenvalue weighted by Gasteiger charge is -2.30. The lowest BCUT2D eigenvalue weighted by atomic mass is 10.1. The molecule has 0 radical (unpaired) electrons. The van der Waals surface area contributed by atoms with E-state index in [1.165, 1.54) is 36.1 Å². The highest BCUT2D eigenvalue weighted by Crippen LogP contribution is 2.32. The van der Waals surface area contributed by atoms with Gasteiger partial charge in [0.15, 0.2) is 0 Å². The first-order chi connectivity index (χ1) is 17.6. The van der Waals surface area contributed by atoms with Crippen molar-refractivity contribution in [1.82, 2.24) is 10.2 Å². The predicted molar refractivity (Wildman–Crippen MR) is 137 cm³/mol. The summed E-state index contributed by atoms with van der Waals surface area (Å²) in [5.41, 5.74) is -0.984. The van der Waals surface area contributed by atoms with E-state index in [9.17, 15) is 35.6 Å². The van der Waals surface area contributed by atoms with Gasteiger partial charge in [-0.2, -0.15) is 13.2 Å². The Kier molecular flexibility index (Phi) is 10.7. The molecule has 0 spiro atoms. The van der Waals surface area contributed by atoms with Gasteiger partial charge in [-0.15, -0.1) is 0 Å². The summed E-state index contributed by atoms with van der Waals surface area (Å²) in [7, 11) is -3.97. The maximum absolute atomic E-state index is 14.3. The fourth-order valence-electron chi connectivity index (χ4n) is 3.69. The zero-order chi connectivity index (χ0) is 28.7.